The van der Waals surface area contributed by atoms with Crippen LogP contribution in [-0.4, -0.2) is 67.1 Å². The molecule has 2 aromatic heterocycles. The van der Waals surface area contributed by atoms with Gasteiger partial charge < -0.3 is 14.6 Å². The highest BCUT2D eigenvalue weighted by Gasteiger charge is 2.27. The number of carbonyl (C=O) groups is 1. The van der Waals surface area contributed by atoms with Gasteiger partial charge in [0.2, 0.25) is 16.0 Å². The molecule has 10 heteroatoms. The molecule has 3 aromatic rings. The van der Waals surface area contributed by atoms with E-state index in [1.54, 1.807) is 30.6 Å². The molecular weight excluding hydrogens is 406 g/mol. The Hall–Kier alpha value is -2.98. The number of para-hydroxylation sites is 1. The minimum absolute atomic E-state index is 0.0186. The molecule has 0 unspecified atom stereocenters. The number of aromatic nitrogens is 2. The lowest BCUT2D eigenvalue weighted by molar-refractivity contribution is 0.0928. The fourth-order valence-electron chi connectivity index (χ4n) is 3.39. The third-order valence-electron chi connectivity index (χ3n) is 4.98. The van der Waals surface area contributed by atoms with Crippen LogP contribution in [0.1, 0.15) is 17.0 Å². The molecule has 158 valence electrons. The molecule has 0 aliphatic carbocycles. The number of anilines is 1. The molecule has 1 amide bonds. The molecule has 3 heterocycles. The smallest absolute Gasteiger partial charge is 0.287 e. The fraction of sp³-hybridized carbons (Fsp3) is 0.350. The highest BCUT2D eigenvalue weighted by Crippen LogP contribution is 2.18. The van der Waals surface area contributed by atoms with Gasteiger partial charge in [-0.05, 0) is 24.6 Å². The first kappa shape index (κ1) is 20.3. The van der Waals surface area contributed by atoms with Gasteiger partial charge >= 0.3 is 0 Å². The Bertz CT molecular complexity index is 1080. The van der Waals surface area contributed by atoms with Crippen molar-refractivity contribution in [1.29, 1.82) is 0 Å². The molecule has 1 N–H and O–H groups in total. The van der Waals surface area contributed by atoms with Crippen molar-refractivity contribution >= 4 is 32.8 Å². The quantitative estimate of drug-likeness (QED) is 0.567. The zero-order valence-electron chi connectivity index (χ0n) is 16.4. The minimum Gasteiger partial charge on any atom is -0.451 e. The first-order valence-electron chi connectivity index (χ1n) is 9.79. The maximum Gasteiger partial charge on any atom is 0.287 e. The van der Waals surface area contributed by atoms with E-state index in [1.807, 2.05) is 23.1 Å². The first-order chi connectivity index (χ1) is 14.5. The second-order valence-corrected chi connectivity index (χ2v) is 9.10. The molecule has 0 radical (unpaired) electrons. The predicted molar refractivity (Wildman–Crippen MR) is 113 cm³/mol. The SMILES string of the molecule is O=C(NCCCS(=O)(=O)N1CCN(c2ncccn2)CC1)c1cc2ccccc2o1. The average Bonchev–Trinajstić information content (AvgIpc) is 3.22. The van der Waals surface area contributed by atoms with Crippen LogP contribution in [0.3, 0.4) is 0 Å². The molecule has 9 nitrogen and oxygen atoms in total. The van der Waals surface area contributed by atoms with Gasteiger partial charge in [-0.2, -0.15) is 4.31 Å². The molecule has 0 bridgehead atoms. The Morgan fingerprint density at radius 1 is 1.07 bits per heavy atom. The van der Waals surface area contributed by atoms with E-state index in [0.29, 0.717) is 44.1 Å². The number of rotatable bonds is 7. The van der Waals surface area contributed by atoms with Gasteiger partial charge in [0.1, 0.15) is 5.58 Å². The molecular formula is C20H23N5O4S. The normalized spacial score (nSPS) is 15.4. The molecule has 4 rings (SSSR count). The zero-order valence-corrected chi connectivity index (χ0v) is 17.2. The summed E-state index contributed by atoms with van der Waals surface area (Å²) in [5, 5.41) is 3.58. The lowest BCUT2D eigenvalue weighted by Crippen LogP contribution is -2.49. The number of benzene rings is 1. The first-order valence-corrected chi connectivity index (χ1v) is 11.4. The van der Waals surface area contributed by atoms with E-state index in [-0.39, 0.29) is 24.0 Å². The maximum absolute atomic E-state index is 12.6. The summed E-state index contributed by atoms with van der Waals surface area (Å²) in [7, 11) is -3.38. The van der Waals surface area contributed by atoms with Crippen molar-refractivity contribution in [3.05, 3.63) is 54.6 Å². The van der Waals surface area contributed by atoms with Crippen molar-refractivity contribution < 1.29 is 17.6 Å². The van der Waals surface area contributed by atoms with Gasteiger partial charge in [-0.1, -0.05) is 18.2 Å². The standard InChI is InChI=1S/C20H23N5O4S/c26-19(18-15-16-5-1-2-6-17(16)29-18)21-9-4-14-30(27,28)25-12-10-24(11-13-25)20-22-7-3-8-23-20/h1-3,5-8,15H,4,9-14H2,(H,21,26). The summed E-state index contributed by atoms with van der Waals surface area (Å²) in [4.78, 5) is 22.6. The van der Waals surface area contributed by atoms with Crippen molar-refractivity contribution in [2.75, 3.05) is 43.4 Å². The number of fused-ring (bicyclic) bond motifs is 1. The topological polar surface area (TPSA) is 109 Å². The summed E-state index contributed by atoms with van der Waals surface area (Å²) < 4.78 is 32.2. The van der Waals surface area contributed by atoms with Crippen LogP contribution in [0.15, 0.2) is 53.2 Å². The Balaban J connectivity index is 1.23. The van der Waals surface area contributed by atoms with E-state index < -0.39 is 10.0 Å². The Morgan fingerprint density at radius 3 is 2.53 bits per heavy atom. The van der Waals surface area contributed by atoms with Gasteiger partial charge in [0.15, 0.2) is 5.76 Å². The van der Waals surface area contributed by atoms with E-state index in [1.165, 1.54) is 4.31 Å². The number of nitrogens with zero attached hydrogens (tertiary/aromatic N) is 4. The lowest BCUT2D eigenvalue weighted by atomic mass is 10.2. The number of piperazine rings is 1. The second-order valence-electron chi connectivity index (χ2n) is 7.01. The monoisotopic (exact) mass is 429 g/mol. The molecule has 1 aliphatic rings. The molecule has 0 atom stereocenters. The number of furan rings is 1. The Labute approximate surface area is 174 Å². The number of carbonyl (C=O) groups excluding carboxylic acids is 1. The van der Waals surface area contributed by atoms with Crippen LogP contribution >= 0.6 is 0 Å². The maximum atomic E-state index is 12.6. The number of nitrogens with one attached hydrogen (secondary N) is 1. The number of hydrogen-bond acceptors (Lipinski definition) is 7. The Kier molecular flexibility index (Phi) is 5.96. The molecule has 0 spiro atoms. The third kappa shape index (κ3) is 4.60. The highest BCUT2D eigenvalue weighted by molar-refractivity contribution is 7.89. The largest absolute Gasteiger partial charge is 0.451 e. The van der Waals surface area contributed by atoms with Crippen LogP contribution in [0.25, 0.3) is 11.0 Å². The van der Waals surface area contributed by atoms with Gasteiger partial charge in [-0.3, -0.25) is 4.79 Å². The van der Waals surface area contributed by atoms with Gasteiger partial charge in [0.05, 0.1) is 5.75 Å². The van der Waals surface area contributed by atoms with E-state index in [4.69, 9.17) is 4.42 Å². The average molecular weight is 430 g/mol. The van der Waals surface area contributed by atoms with E-state index >= 15 is 0 Å². The lowest BCUT2D eigenvalue weighted by Gasteiger charge is -2.33. The number of amides is 1. The van der Waals surface area contributed by atoms with Crippen molar-refractivity contribution in [1.82, 2.24) is 19.6 Å². The summed E-state index contributed by atoms with van der Waals surface area (Å²) in [6.45, 7) is 2.14. The van der Waals surface area contributed by atoms with E-state index in [9.17, 15) is 13.2 Å². The van der Waals surface area contributed by atoms with Crippen molar-refractivity contribution in [2.24, 2.45) is 0 Å². The summed E-state index contributed by atoms with van der Waals surface area (Å²) in [5.74, 6) is 0.469. The minimum atomic E-state index is -3.38. The summed E-state index contributed by atoms with van der Waals surface area (Å²) in [6, 6.07) is 10.8. The van der Waals surface area contributed by atoms with Crippen LogP contribution < -0.4 is 10.2 Å². The van der Waals surface area contributed by atoms with Crippen molar-refractivity contribution in [3.8, 4) is 0 Å². The zero-order chi connectivity index (χ0) is 21.0. The number of sulfonamides is 1. The summed E-state index contributed by atoms with van der Waals surface area (Å²) in [6.07, 6.45) is 3.67. The highest BCUT2D eigenvalue weighted by atomic mass is 32.2. The molecule has 0 saturated carbocycles. The summed E-state index contributed by atoms with van der Waals surface area (Å²) >= 11 is 0. The molecule has 1 fully saturated rings. The Morgan fingerprint density at radius 2 is 1.80 bits per heavy atom. The van der Waals surface area contributed by atoms with Crippen molar-refractivity contribution in [2.45, 2.75) is 6.42 Å². The molecule has 30 heavy (non-hydrogen) atoms. The van der Waals surface area contributed by atoms with Gasteiger partial charge in [0, 0.05) is 50.5 Å². The van der Waals surface area contributed by atoms with Gasteiger partial charge in [0.25, 0.3) is 5.91 Å². The second kappa shape index (κ2) is 8.80. The van der Waals surface area contributed by atoms with Gasteiger partial charge in [-0.15, -0.1) is 0 Å². The van der Waals surface area contributed by atoms with Crippen LogP contribution in [0.2, 0.25) is 0 Å². The van der Waals surface area contributed by atoms with E-state index in [0.717, 1.165) is 5.39 Å². The van der Waals surface area contributed by atoms with Crippen molar-refractivity contribution in [3.63, 3.8) is 0 Å². The van der Waals surface area contributed by atoms with Crippen LogP contribution in [0, 0.1) is 0 Å². The number of hydrogen-bond donors (Lipinski definition) is 1. The van der Waals surface area contributed by atoms with Crippen LogP contribution in [-0.2, 0) is 10.0 Å². The molecule has 1 aliphatic heterocycles. The molecule has 1 aromatic carbocycles. The fourth-order valence-corrected chi connectivity index (χ4v) is 4.87. The van der Waals surface area contributed by atoms with Crippen LogP contribution in [0.5, 0.6) is 0 Å². The molecule has 1 saturated heterocycles. The third-order valence-corrected chi connectivity index (χ3v) is 6.94. The summed E-state index contributed by atoms with van der Waals surface area (Å²) in [5.41, 5.74) is 0.644. The van der Waals surface area contributed by atoms with Gasteiger partial charge in [-0.25, -0.2) is 18.4 Å². The van der Waals surface area contributed by atoms with Crippen LogP contribution in [0.4, 0.5) is 5.95 Å². The van der Waals surface area contributed by atoms with E-state index in [2.05, 4.69) is 15.3 Å². The predicted octanol–water partition coefficient (Wildman–Crippen LogP) is 1.49.